The van der Waals surface area contributed by atoms with E-state index in [9.17, 15) is 4.79 Å². The van der Waals surface area contributed by atoms with Gasteiger partial charge in [-0.15, -0.1) is 0 Å². The van der Waals surface area contributed by atoms with Gasteiger partial charge in [0.15, 0.2) is 0 Å². The summed E-state index contributed by atoms with van der Waals surface area (Å²) in [5.74, 6) is 0.111. The van der Waals surface area contributed by atoms with Crippen LogP contribution in [0.25, 0.3) is 0 Å². The predicted molar refractivity (Wildman–Crippen MR) is 80.4 cm³/mol. The Morgan fingerprint density at radius 1 is 1.30 bits per heavy atom. The molecule has 1 aromatic heterocycles. The number of nitrogens with zero attached hydrogens (tertiary/aromatic N) is 2. The van der Waals surface area contributed by atoms with Crippen molar-refractivity contribution in [2.24, 2.45) is 0 Å². The standard InChI is InChI=1S/C16H25N3O/c1-13-7-8-15(11-17-13)14(2)18-16(20)12-19-9-5-3-4-6-10-19/h7-8,11,14H,3-6,9-10,12H2,1-2H3,(H,18,20). The first kappa shape index (κ1) is 15.0. The van der Waals surface area contributed by atoms with E-state index >= 15 is 0 Å². The maximum absolute atomic E-state index is 12.1. The van der Waals surface area contributed by atoms with Crippen molar-refractivity contribution in [1.29, 1.82) is 0 Å². The van der Waals surface area contributed by atoms with Crippen molar-refractivity contribution in [2.45, 2.75) is 45.6 Å². The molecule has 1 aliphatic rings. The highest BCUT2D eigenvalue weighted by Crippen LogP contribution is 2.12. The van der Waals surface area contributed by atoms with Crippen LogP contribution in [0.1, 0.15) is 49.9 Å². The van der Waals surface area contributed by atoms with E-state index in [0.29, 0.717) is 6.54 Å². The molecule has 2 rings (SSSR count). The first-order valence-corrected chi connectivity index (χ1v) is 7.59. The molecule has 0 bridgehead atoms. The smallest absolute Gasteiger partial charge is 0.234 e. The van der Waals surface area contributed by atoms with Gasteiger partial charge in [-0.2, -0.15) is 0 Å². The molecular formula is C16H25N3O. The monoisotopic (exact) mass is 275 g/mol. The fraction of sp³-hybridized carbons (Fsp3) is 0.625. The molecule has 4 heteroatoms. The van der Waals surface area contributed by atoms with E-state index in [0.717, 1.165) is 24.3 Å². The number of rotatable bonds is 4. The molecule has 1 aliphatic heterocycles. The number of amides is 1. The number of likely N-dealkylation sites (tertiary alicyclic amines) is 1. The third-order valence-electron chi connectivity index (χ3n) is 3.88. The number of carbonyl (C=O) groups is 1. The third kappa shape index (κ3) is 4.60. The molecule has 0 aliphatic carbocycles. The van der Waals surface area contributed by atoms with E-state index in [1.165, 1.54) is 25.7 Å². The lowest BCUT2D eigenvalue weighted by Crippen LogP contribution is -2.38. The van der Waals surface area contributed by atoms with Crippen LogP contribution < -0.4 is 5.32 Å². The molecule has 110 valence electrons. The zero-order chi connectivity index (χ0) is 14.4. The molecule has 1 amide bonds. The normalized spacial score (nSPS) is 18.3. The molecule has 1 atom stereocenters. The summed E-state index contributed by atoms with van der Waals surface area (Å²) in [6.45, 7) is 6.59. The van der Waals surface area contributed by atoms with Crippen molar-refractivity contribution in [2.75, 3.05) is 19.6 Å². The minimum Gasteiger partial charge on any atom is -0.348 e. The molecule has 1 saturated heterocycles. The van der Waals surface area contributed by atoms with Gasteiger partial charge in [0.05, 0.1) is 12.6 Å². The Bertz CT molecular complexity index is 422. The lowest BCUT2D eigenvalue weighted by atomic mass is 10.1. The van der Waals surface area contributed by atoms with Crippen molar-refractivity contribution in [3.8, 4) is 0 Å². The van der Waals surface area contributed by atoms with E-state index in [2.05, 4.69) is 15.2 Å². The molecule has 1 fully saturated rings. The minimum atomic E-state index is 0.0163. The second-order valence-electron chi connectivity index (χ2n) is 5.71. The predicted octanol–water partition coefficient (Wildman–Crippen LogP) is 2.44. The average Bonchev–Trinajstić information content (AvgIpc) is 2.68. The zero-order valence-corrected chi connectivity index (χ0v) is 12.6. The fourth-order valence-electron chi connectivity index (χ4n) is 2.60. The van der Waals surface area contributed by atoms with Crippen LogP contribution in [-0.2, 0) is 4.79 Å². The van der Waals surface area contributed by atoms with Crippen molar-refractivity contribution < 1.29 is 4.79 Å². The second kappa shape index (κ2) is 7.39. The van der Waals surface area contributed by atoms with Crippen LogP contribution >= 0.6 is 0 Å². The van der Waals surface area contributed by atoms with E-state index in [4.69, 9.17) is 0 Å². The largest absolute Gasteiger partial charge is 0.348 e. The molecule has 1 aromatic rings. The summed E-state index contributed by atoms with van der Waals surface area (Å²) in [6, 6.07) is 4.02. The summed E-state index contributed by atoms with van der Waals surface area (Å²) >= 11 is 0. The van der Waals surface area contributed by atoms with Crippen LogP contribution in [0.5, 0.6) is 0 Å². The summed E-state index contributed by atoms with van der Waals surface area (Å²) in [6.07, 6.45) is 6.86. The molecule has 4 nitrogen and oxygen atoms in total. The first-order chi connectivity index (χ1) is 9.65. The molecular weight excluding hydrogens is 250 g/mol. The van der Waals surface area contributed by atoms with Crippen LogP contribution in [0.15, 0.2) is 18.3 Å². The summed E-state index contributed by atoms with van der Waals surface area (Å²) in [7, 11) is 0. The Kier molecular flexibility index (Phi) is 5.53. The molecule has 2 heterocycles. The molecule has 1 N–H and O–H groups in total. The topological polar surface area (TPSA) is 45.2 Å². The van der Waals surface area contributed by atoms with Gasteiger partial charge in [0.1, 0.15) is 0 Å². The van der Waals surface area contributed by atoms with Gasteiger partial charge in [-0.25, -0.2) is 0 Å². The number of nitrogens with one attached hydrogen (secondary N) is 1. The molecule has 20 heavy (non-hydrogen) atoms. The summed E-state index contributed by atoms with van der Waals surface area (Å²) in [5.41, 5.74) is 2.05. The van der Waals surface area contributed by atoms with Crippen LogP contribution in [0.2, 0.25) is 0 Å². The van der Waals surface area contributed by atoms with Gasteiger partial charge in [-0.05, 0) is 51.4 Å². The van der Waals surface area contributed by atoms with E-state index in [1.807, 2.05) is 32.2 Å². The van der Waals surface area contributed by atoms with Gasteiger partial charge in [-0.1, -0.05) is 18.9 Å². The van der Waals surface area contributed by atoms with Crippen molar-refractivity contribution in [1.82, 2.24) is 15.2 Å². The van der Waals surface area contributed by atoms with Gasteiger partial charge in [0.2, 0.25) is 5.91 Å². The highest BCUT2D eigenvalue weighted by atomic mass is 16.2. The van der Waals surface area contributed by atoms with E-state index in [1.54, 1.807) is 0 Å². The lowest BCUT2D eigenvalue weighted by molar-refractivity contribution is -0.122. The Hall–Kier alpha value is -1.42. The SMILES string of the molecule is Cc1ccc(C(C)NC(=O)CN2CCCCCC2)cn1. The summed E-state index contributed by atoms with van der Waals surface area (Å²) < 4.78 is 0. The molecule has 1 unspecified atom stereocenters. The van der Waals surface area contributed by atoms with E-state index < -0.39 is 0 Å². The molecule has 0 saturated carbocycles. The Balaban J connectivity index is 1.82. The maximum atomic E-state index is 12.1. The van der Waals surface area contributed by atoms with Gasteiger partial charge >= 0.3 is 0 Å². The summed E-state index contributed by atoms with van der Waals surface area (Å²) in [5, 5.41) is 3.06. The van der Waals surface area contributed by atoms with Crippen LogP contribution in [-0.4, -0.2) is 35.4 Å². The van der Waals surface area contributed by atoms with Crippen LogP contribution in [0, 0.1) is 6.92 Å². The van der Waals surface area contributed by atoms with Crippen molar-refractivity contribution in [3.63, 3.8) is 0 Å². The highest BCUT2D eigenvalue weighted by Gasteiger charge is 2.15. The van der Waals surface area contributed by atoms with Gasteiger partial charge in [0.25, 0.3) is 0 Å². The fourth-order valence-corrected chi connectivity index (χ4v) is 2.60. The van der Waals surface area contributed by atoms with Crippen LogP contribution in [0.3, 0.4) is 0 Å². The van der Waals surface area contributed by atoms with Gasteiger partial charge < -0.3 is 5.32 Å². The number of aromatic nitrogens is 1. The first-order valence-electron chi connectivity index (χ1n) is 7.59. The number of pyridine rings is 1. The number of hydrogen-bond donors (Lipinski definition) is 1. The Labute approximate surface area is 121 Å². The molecule has 0 spiro atoms. The number of carbonyl (C=O) groups excluding carboxylic acids is 1. The van der Waals surface area contributed by atoms with Crippen molar-refractivity contribution in [3.05, 3.63) is 29.6 Å². The average molecular weight is 275 g/mol. The van der Waals surface area contributed by atoms with Crippen LogP contribution in [0.4, 0.5) is 0 Å². The second-order valence-corrected chi connectivity index (χ2v) is 5.71. The minimum absolute atomic E-state index is 0.0163. The Morgan fingerprint density at radius 2 is 2.00 bits per heavy atom. The Morgan fingerprint density at radius 3 is 2.60 bits per heavy atom. The maximum Gasteiger partial charge on any atom is 0.234 e. The third-order valence-corrected chi connectivity index (χ3v) is 3.88. The quantitative estimate of drug-likeness (QED) is 0.918. The number of aryl methyl sites for hydroxylation is 1. The van der Waals surface area contributed by atoms with Crippen molar-refractivity contribution >= 4 is 5.91 Å². The number of hydrogen-bond acceptors (Lipinski definition) is 3. The van der Waals surface area contributed by atoms with Gasteiger partial charge in [0, 0.05) is 11.9 Å². The van der Waals surface area contributed by atoms with Gasteiger partial charge in [-0.3, -0.25) is 14.7 Å². The van der Waals surface area contributed by atoms with E-state index in [-0.39, 0.29) is 11.9 Å². The molecule has 0 aromatic carbocycles. The highest BCUT2D eigenvalue weighted by molar-refractivity contribution is 5.78. The summed E-state index contributed by atoms with van der Waals surface area (Å²) in [4.78, 5) is 18.6. The lowest BCUT2D eigenvalue weighted by Gasteiger charge is -2.21. The zero-order valence-electron chi connectivity index (χ0n) is 12.6. The molecule has 0 radical (unpaired) electrons.